The van der Waals surface area contributed by atoms with Crippen LogP contribution in [0.15, 0.2) is 53.9 Å². The third-order valence-electron chi connectivity index (χ3n) is 4.20. The highest BCUT2D eigenvalue weighted by atomic mass is 16.6. The molecule has 142 valence electrons. The smallest absolute Gasteiger partial charge is 0.324 e. The Morgan fingerprint density at radius 2 is 1.93 bits per heavy atom. The quantitative estimate of drug-likeness (QED) is 0.387. The monoisotopic (exact) mass is 368 g/mol. The summed E-state index contributed by atoms with van der Waals surface area (Å²) in [5, 5.41) is 3.83. The molecular formula is C20H24N4O3. The van der Waals surface area contributed by atoms with Gasteiger partial charge in [-0.2, -0.15) is 0 Å². The maximum absolute atomic E-state index is 12.5. The van der Waals surface area contributed by atoms with Gasteiger partial charge in [-0.1, -0.05) is 5.16 Å². The van der Waals surface area contributed by atoms with Crippen molar-refractivity contribution in [1.82, 2.24) is 9.88 Å². The number of pyridine rings is 1. The van der Waals surface area contributed by atoms with Gasteiger partial charge in [-0.3, -0.25) is 9.88 Å². The van der Waals surface area contributed by atoms with Crippen LogP contribution >= 0.6 is 0 Å². The fraction of sp³-hybridized carbons (Fsp3) is 0.350. The van der Waals surface area contributed by atoms with Crippen LogP contribution in [0.2, 0.25) is 0 Å². The predicted octanol–water partition coefficient (Wildman–Crippen LogP) is 3.16. The van der Waals surface area contributed by atoms with E-state index in [-0.39, 0.29) is 6.03 Å². The van der Waals surface area contributed by atoms with Crippen molar-refractivity contribution in [3.05, 3.63) is 54.4 Å². The molecule has 0 aliphatic carbocycles. The molecule has 0 N–H and O–H groups in total. The van der Waals surface area contributed by atoms with Crippen LogP contribution in [-0.2, 0) is 4.84 Å². The van der Waals surface area contributed by atoms with Crippen LogP contribution in [0, 0.1) is 0 Å². The third-order valence-corrected chi connectivity index (χ3v) is 4.20. The van der Waals surface area contributed by atoms with Crippen molar-refractivity contribution >= 4 is 17.9 Å². The van der Waals surface area contributed by atoms with Gasteiger partial charge < -0.3 is 14.5 Å². The van der Waals surface area contributed by atoms with Gasteiger partial charge in [0.15, 0.2) is 0 Å². The molecular weight excluding hydrogens is 344 g/mol. The Morgan fingerprint density at radius 1 is 1.15 bits per heavy atom. The van der Waals surface area contributed by atoms with Gasteiger partial charge in [-0.25, -0.2) is 4.79 Å². The Bertz CT molecular complexity index is 750. The Labute approximate surface area is 159 Å². The first-order valence-electron chi connectivity index (χ1n) is 9.12. The van der Waals surface area contributed by atoms with Crippen molar-refractivity contribution in [2.24, 2.45) is 5.16 Å². The highest BCUT2D eigenvalue weighted by molar-refractivity contribution is 5.94. The van der Waals surface area contributed by atoms with E-state index in [1.54, 1.807) is 23.5 Å². The number of oxime groups is 1. The molecule has 0 radical (unpaired) electrons. The van der Waals surface area contributed by atoms with E-state index in [0.29, 0.717) is 26.3 Å². The molecule has 27 heavy (non-hydrogen) atoms. The van der Waals surface area contributed by atoms with E-state index < -0.39 is 0 Å². The molecule has 0 saturated carbocycles. The first-order chi connectivity index (χ1) is 13.3. The highest BCUT2D eigenvalue weighted by Gasteiger charge is 2.28. The van der Waals surface area contributed by atoms with Gasteiger partial charge in [0.05, 0.1) is 12.8 Å². The van der Waals surface area contributed by atoms with Gasteiger partial charge in [0.2, 0.25) is 0 Å². The molecule has 7 nitrogen and oxygen atoms in total. The van der Waals surface area contributed by atoms with Crippen molar-refractivity contribution in [2.45, 2.75) is 13.3 Å². The number of carbonyl (C=O) groups excluding carboxylic acids is 1. The van der Waals surface area contributed by atoms with Crippen molar-refractivity contribution in [3.63, 3.8) is 0 Å². The van der Waals surface area contributed by atoms with E-state index >= 15 is 0 Å². The van der Waals surface area contributed by atoms with Gasteiger partial charge >= 0.3 is 6.03 Å². The molecule has 3 rings (SSSR count). The van der Waals surface area contributed by atoms with E-state index in [4.69, 9.17) is 9.57 Å². The fourth-order valence-corrected chi connectivity index (χ4v) is 2.82. The average molecular weight is 368 g/mol. The normalized spacial score (nSPS) is 14.2. The second-order valence-corrected chi connectivity index (χ2v) is 6.05. The molecule has 7 heteroatoms. The number of nitrogens with zero attached hydrogens (tertiary/aromatic N) is 4. The number of amides is 2. The van der Waals surface area contributed by atoms with E-state index in [1.807, 2.05) is 48.2 Å². The Morgan fingerprint density at radius 3 is 2.67 bits per heavy atom. The molecule has 1 aliphatic rings. The summed E-state index contributed by atoms with van der Waals surface area (Å²) >= 11 is 0. The van der Waals surface area contributed by atoms with Crippen LogP contribution in [-0.4, -0.2) is 55.0 Å². The lowest BCUT2D eigenvalue weighted by molar-refractivity contribution is 0.160. The number of urea groups is 1. The third kappa shape index (κ3) is 5.20. The van der Waals surface area contributed by atoms with Gasteiger partial charge in [-0.15, -0.1) is 0 Å². The van der Waals surface area contributed by atoms with Crippen LogP contribution in [0.5, 0.6) is 5.75 Å². The molecule has 1 saturated heterocycles. The standard InChI is InChI=1S/C20H24N4O3/c1-2-27-22-16-17-4-6-19(7-5-17)26-15-3-12-23-13-14-24(20(23)25)18-8-10-21-11-9-18/h4-11,16H,2-3,12-15H2,1H3. The van der Waals surface area contributed by atoms with Crippen LogP contribution in [0.4, 0.5) is 10.5 Å². The first kappa shape index (κ1) is 18.7. The maximum Gasteiger partial charge on any atom is 0.324 e. The Hall–Kier alpha value is -3.09. The van der Waals surface area contributed by atoms with Gasteiger partial charge in [0.1, 0.15) is 12.4 Å². The minimum Gasteiger partial charge on any atom is -0.494 e. The van der Waals surface area contributed by atoms with Crippen LogP contribution < -0.4 is 9.64 Å². The van der Waals surface area contributed by atoms with E-state index in [9.17, 15) is 4.79 Å². The molecule has 1 aliphatic heterocycles. The van der Waals surface area contributed by atoms with Crippen molar-refractivity contribution in [1.29, 1.82) is 0 Å². The predicted molar refractivity (Wildman–Crippen MR) is 104 cm³/mol. The Balaban J connectivity index is 1.40. The summed E-state index contributed by atoms with van der Waals surface area (Å²) in [6.45, 7) is 5.12. The average Bonchev–Trinajstić information content (AvgIpc) is 3.08. The lowest BCUT2D eigenvalue weighted by Gasteiger charge is -2.18. The molecule has 1 aromatic heterocycles. The zero-order chi connectivity index (χ0) is 18.9. The number of rotatable bonds is 9. The van der Waals surface area contributed by atoms with Gasteiger partial charge in [0.25, 0.3) is 0 Å². The largest absolute Gasteiger partial charge is 0.494 e. The Kier molecular flexibility index (Phi) is 6.62. The molecule has 1 aromatic carbocycles. The second-order valence-electron chi connectivity index (χ2n) is 6.05. The minimum absolute atomic E-state index is 0.0409. The van der Waals surface area contributed by atoms with Crippen LogP contribution in [0.3, 0.4) is 0 Å². The molecule has 2 amide bonds. The summed E-state index contributed by atoms with van der Waals surface area (Å²) in [7, 11) is 0. The number of anilines is 1. The molecule has 0 bridgehead atoms. The molecule has 0 atom stereocenters. The number of carbonyl (C=O) groups is 1. The molecule has 0 spiro atoms. The van der Waals surface area contributed by atoms with Crippen molar-refractivity contribution in [2.75, 3.05) is 37.7 Å². The molecule has 2 aromatic rings. The number of aromatic nitrogens is 1. The van der Waals surface area contributed by atoms with Crippen LogP contribution in [0.1, 0.15) is 18.9 Å². The summed E-state index contributed by atoms with van der Waals surface area (Å²) in [6.07, 6.45) is 5.85. The summed E-state index contributed by atoms with van der Waals surface area (Å²) in [4.78, 5) is 25.1. The number of hydrogen-bond acceptors (Lipinski definition) is 5. The van der Waals surface area contributed by atoms with Gasteiger partial charge in [-0.05, 0) is 55.3 Å². The lowest BCUT2D eigenvalue weighted by atomic mass is 10.2. The number of hydrogen-bond donors (Lipinski definition) is 0. The summed E-state index contributed by atoms with van der Waals surface area (Å²) < 4.78 is 5.76. The molecule has 2 heterocycles. The second kappa shape index (κ2) is 9.56. The number of benzene rings is 1. The molecule has 0 unspecified atom stereocenters. The number of ether oxygens (including phenoxy) is 1. The van der Waals surface area contributed by atoms with Crippen molar-refractivity contribution in [3.8, 4) is 5.75 Å². The summed E-state index contributed by atoms with van der Waals surface area (Å²) in [5.41, 5.74) is 1.84. The fourth-order valence-electron chi connectivity index (χ4n) is 2.82. The van der Waals surface area contributed by atoms with Crippen LogP contribution in [0.25, 0.3) is 0 Å². The zero-order valence-corrected chi connectivity index (χ0v) is 15.5. The first-order valence-corrected chi connectivity index (χ1v) is 9.12. The SMILES string of the molecule is CCON=Cc1ccc(OCCCN2CCN(c3ccncc3)C2=O)cc1. The van der Waals surface area contributed by atoms with Crippen molar-refractivity contribution < 1.29 is 14.4 Å². The maximum atomic E-state index is 12.5. The zero-order valence-electron chi connectivity index (χ0n) is 15.5. The highest BCUT2D eigenvalue weighted by Crippen LogP contribution is 2.19. The minimum atomic E-state index is 0.0409. The molecule has 1 fully saturated rings. The van der Waals surface area contributed by atoms with Gasteiger partial charge in [0, 0.05) is 37.7 Å². The van der Waals surface area contributed by atoms with E-state index in [2.05, 4.69) is 10.1 Å². The van der Waals surface area contributed by atoms with E-state index in [1.165, 1.54) is 0 Å². The lowest BCUT2D eigenvalue weighted by Crippen LogP contribution is -2.32. The summed E-state index contributed by atoms with van der Waals surface area (Å²) in [6, 6.07) is 11.4. The van der Waals surface area contributed by atoms with E-state index in [0.717, 1.165) is 30.0 Å². The summed E-state index contributed by atoms with van der Waals surface area (Å²) in [5.74, 6) is 0.801. The topological polar surface area (TPSA) is 67.3 Å².